The summed E-state index contributed by atoms with van der Waals surface area (Å²) in [4.78, 5) is 0. The molecule has 144 valence electrons. The van der Waals surface area contributed by atoms with Gasteiger partial charge in [-0.1, -0.05) is 24.3 Å². The number of hydrogen-bond donors (Lipinski definition) is 1. The third kappa shape index (κ3) is 6.68. The van der Waals surface area contributed by atoms with Crippen molar-refractivity contribution in [1.82, 2.24) is 5.12 Å². The standard InChI is InChI=1S/C18H21F4NO3/c1-23(22)17(24)12-25-16-8-3-2-6-14(16)10-9-13-5-4-7-15(11-13)26-18(19,20)21/h2-5,7-8,11,14,17,24H,6,9-10,12H2,1H3. The highest BCUT2D eigenvalue weighted by Gasteiger charge is 2.31. The maximum absolute atomic E-state index is 12.8. The number of likely N-dealkylation sites (N-methyl/N-ethyl adjacent to an activating group) is 1. The lowest BCUT2D eigenvalue weighted by atomic mass is 9.91. The maximum atomic E-state index is 12.8. The molecule has 0 saturated carbocycles. The predicted octanol–water partition coefficient (Wildman–Crippen LogP) is 4.13. The Morgan fingerprint density at radius 2 is 2.12 bits per heavy atom. The highest BCUT2D eigenvalue weighted by Crippen LogP contribution is 2.28. The van der Waals surface area contributed by atoms with E-state index in [-0.39, 0.29) is 23.4 Å². The van der Waals surface area contributed by atoms with Crippen LogP contribution in [0, 0.1) is 5.92 Å². The van der Waals surface area contributed by atoms with Crippen LogP contribution in [0.5, 0.6) is 5.75 Å². The van der Waals surface area contributed by atoms with Crippen LogP contribution < -0.4 is 4.74 Å². The van der Waals surface area contributed by atoms with Gasteiger partial charge in [0.15, 0.2) is 6.23 Å². The molecule has 1 aliphatic rings. The second kappa shape index (κ2) is 9.05. The summed E-state index contributed by atoms with van der Waals surface area (Å²) in [5.74, 6) is 0.375. The molecular formula is C18H21F4NO3. The lowest BCUT2D eigenvalue weighted by Crippen LogP contribution is -2.29. The molecule has 0 amide bonds. The van der Waals surface area contributed by atoms with Crippen molar-refractivity contribution < 1.29 is 32.2 Å². The summed E-state index contributed by atoms with van der Waals surface area (Å²) >= 11 is 0. The van der Waals surface area contributed by atoms with Gasteiger partial charge in [0.1, 0.15) is 12.4 Å². The summed E-state index contributed by atoms with van der Waals surface area (Å²) in [6.45, 7) is -0.210. The molecular weight excluding hydrogens is 354 g/mol. The van der Waals surface area contributed by atoms with Gasteiger partial charge in [-0.05, 0) is 43.0 Å². The summed E-state index contributed by atoms with van der Waals surface area (Å²) in [6.07, 6.45) is 1.30. The summed E-state index contributed by atoms with van der Waals surface area (Å²) in [5, 5.41) is 9.60. The minimum atomic E-state index is -4.72. The second-order valence-corrected chi connectivity index (χ2v) is 5.98. The number of allylic oxidation sites excluding steroid dienone is 4. The Bertz CT molecular complexity index is 644. The Labute approximate surface area is 149 Å². The van der Waals surface area contributed by atoms with Crippen LogP contribution in [0.15, 0.2) is 48.3 Å². The molecule has 1 N–H and O–H groups in total. The fraction of sp³-hybridized carbons (Fsp3) is 0.444. The van der Waals surface area contributed by atoms with Crippen molar-refractivity contribution in [3.8, 4) is 5.75 Å². The van der Waals surface area contributed by atoms with Gasteiger partial charge in [-0.15, -0.1) is 22.8 Å². The van der Waals surface area contributed by atoms with Crippen LogP contribution in [0.1, 0.15) is 18.4 Å². The van der Waals surface area contributed by atoms with Gasteiger partial charge < -0.3 is 14.6 Å². The van der Waals surface area contributed by atoms with Crippen LogP contribution in [-0.4, -0.2) is 36.5 Å². The Kier molecular flexibility index (Phi) is 7.05. The minimum Gasteiger partial charge on any atom is -0.493 e. The Morgan fingerprint density at radius 3 is 2.81 bits per heavy atom. The molecule has 0 radical (unpaired) electrons. The molecule has 0 aliphatic heterocycles. The van der Waals surface area contributed by atoms with Gasteiger partial charge in [0.25, 0.3) is 0 Å². The Hall–Kier alpha value is -2.06. The van der Waals surface area contributed by atoms with E-state index < -0.39 is 12.6 Å². The number of hydrogen-bond acceptors (Lipinski definition) is 4. The smallest absolute Gasteiger partial charge is 0.493 e. The molecule has 1 aromatic rings. The van der Waals surface area contributed by atoms with E-state index in [2.05, 4.69) is 4.74 Å². The van der Waals surface area contributed by atoms with E-state index in [0.29, 0.717) is 30.6 Å². The van der Waals surface area contributed by atoms with Crippen LogP contribution >= 0.6 is 0 Å². The summed E-state index contributed by atoms with van der Waals surface area (Å²) in [6, 6.07) is 5.85. The largest absolute Gasteiger partial charge is 0.573 e. The van der Waals surface area contributed by atoms with Gasteiger partial charge in [0, 0.05) is 13.0 Å². The third-order valence-corrected chi connectivity index (χ3v) is 3.94. The van der Waals surface area contributed by atoms with Crippen LogP contribution in [0.2, 0.25) is 0 Å². The molecule has 2 rings (SSSR count). The van der Waals surface area contributed by atoms with Crippen molar-refractivity contribution in [2.75, 3.05) is 13.7 Å². The van der Waals surface area contributed by atoms with Gasteiger partial charge in [-0.2, -0.15) is 0 Å². The number of ether oxygens (including phenoxy) is 2. The average molecular weight is 375 g/mol. The van der Waals surface area contributed by atoms with Gasteiger partial charge in [0.2, 0.25) is 0 Å². The predicted molar refractivity (Wildman–Crippen MR) is 87.6 cm³/mol. The minimum absolute atomic E-state index is 0.00399. The van der Waals surface area contributed by atoms with Crippen molar-refractivity contribution in [3.63, 3.8) is 0 Å². The zero-order chi connectivity index (χ0) is 19.2. The normalized spacial score (nSPS) is 18.6. The van der Waals surface area contributed by atoms with E-state index in [4.69, 9.17) is 4.74 Å². The highest BCUT2D eigenvalue weighted by atomic mass is 19.4. The summed E-state index contributed by atoms with van der Waals surface area (Å²) in [5.41, 5.74) is 0.712. The molecule has 0 fully saturated rings. The van der Waals surface area contributed by atoms with Gasteiger partial charge in [-0.3, -0.25) is 0 Å². The van der Waals surface area contributed by atoms with Crippen molar-refractivity contribution in [2.24, 2.45) is 5.92 Å². The fourth-order valence-corrected chi connectivity index (χ4v) is 2.60. The molecule has 26 heavy (non-hydrogen) atoms. The van der Waals surface area contributed by atoms with Gasteiger partial charge >= 0.3 is 6.36 Å². The van der Waals surface area contributed by atoms with Crippen molar-refractivity contribution in [1.29, 1.82) is 0 Å². The second-order valence-electron chi connectivity index (χ2n) is 5.98. The quantitative estimate of drug-likeness (QED) is 0.422. The zero-order valence-electron chi connectivity index (χ0n) is 14.2. The van der Waals surface area contributed by atoms with Gasteiger partial charge in [0.05, 0.1) is 5.76 Å². The lowest BCUT2D eigenvalue weighted by Gasteiger charge is -2.24. The molecule has 1 aliphatic carbocycles. The third-order valence-electron chi connectivity index (χ3n) is 3.94. The van der Waals surface area contributed by atoms with E-state index in [1.54, 1.807) is 12.1 Å². The summed E-state index contributed by atoms with van der Waals surface area (Å²) < 4.78 is 59.2. The first-order valence-electron chi connectivity index (χ1n) is 8.15. The number of halogens is 4. The molecule has 0 bridgehead atoms. The number of nitrogens with zero attached hydrogens (tertiary/aromatic N) is 1. The molecule has 0 spiro atoms. The number of benzene rings is 1. The lowest BCUT2D eigenvalue weighted by molar-refractivity contribution is -0.274. The van der Waals surface area contributed by atoms with Crippen LogP contribution in [0.3, 0.4) is 0 Å². The number of aliphatic hydroxyl groups excluding tert-OH is 1. The first-order chi connectivity index (χ1) is 12.2. The molecule has 4 nitrogen and oxygen atoms in total. The molecule has 0 saturated heterocycles. The van der Waals surface area contributed by atoms with E-state index in [9.17, 15) is 22.8 Å². The fourth-order valence-electron chi connectivity index (χ4n) is 2.60. The number of aliphatic hydroxyl groups is 1. The number of alkyl halides is 3. The molecule has 2 unspecified atom stereocenters. The SMILES string of the molecule is CN(F)C(O)COC1=CC=CCC1CCc1cccc(OC(F)(F)F)c1. The summed E-state index contributed by atoms with van der Waals surface area (Å²) in [7, 11) is 1.09. The first-order valence-corrected chi connectivity index (χ1v) is 8.15. The topological polar surface area (TPSA) is 41.9 Å². The average Bonchev–Trinajstić information content (AvgIpc) is 2.57. The van der Waals surface area contributed by atoms with E-state index in [0.717, 1.165) is 7.05 Å². The molecule has 0 heterocycles. The van der Waals surface area contributed by atoms with Gasteiger partial charge in [-0.25, -0.2) is 0 Å². The Morgan fingerprint density at radius 1 is 1.35 bits per heavy atom. The zero-order valence-corrected chi connectivity index (χ0v) is 14.2. The van der Waals surface area contributed by atoms with Crippen molar-refractivity contribution >= 4 is 0 Å². The Balaban J connectivity index is 1.92. The van der Waals surface area contributed by atoms with E-state index in [1.165, 1.54) is 18.2 Å². The number of aryl methyl sites for hydroxylation is 1. The van der Waals surface area contributed by atoms with Crippen molar-refractivity contribution in [3.05, 3.63) is 53.8 Å². The molecule has 8 heteroatoms. The molecule has 1 aromatic carbocycles. The molecule has 2 atom stereocenters. The highest BCUT2D eigenvalue weighted by molar-refractivity contribution is 5.29. The van der Waals surface area contributed by atoms with Crippen LogP contribution in [0.25, 0.3) is 0 Å². The van der Waals surface area contributed by atoms with Crippen LogP contribution in [0.4, 0.5) is 17.7 Å². The van der Waals surface area contributed by atoms with Crippen molar-refractivity contribution in [2.45, 2.75) is 31.9 Å². The van der Waals surface area contributed by atoms with E-state index in [1.807, 2.05) is 12.2 Å². The monoisotopic (exact) mass is 375 g/mol. The van der Waals surface area contributed by atoms with E-state index >= 15 is 0 Å². The van der Waals surface area contributed by atoms with Crippen LogP contribution in [-0.2, 0) is 11.2 Å². The first kappa shape index (κ1) is 20.3. The number of rotatable bonds is 8. The maximum Gasteiger partial charge on any atom is 0.573 e. The molecule has 0 aromatic heterocycles.